The van der Waals surface area contributed by atoms with Crippen molar-refractivity contribution < 1.29 is 14.7 Å². The van der Waals surface area contributed by atoms with Crippen molar-refractivity contribution in [2.24, 2.45) is 0 Å². The molecule has 26 heavy (non-hydrogen) atoms. The number of nitrogens with one attached hydrogen (secondary N) is 1. The van der Waals surface area contributed by atoms with Crippen LogP contribution in [0.1, 0.15) is 31.4 Å². The normalized spacial score (nSPS) is 14.2. The zero-order valence-corrected chi connectivity index (χ0v) is 15.2. The number of rotatable bonds is 4. The summed E-state index contributed by atoms with van der Waals surface area (Å²) in [6.45, 7) is 3.20. The average Bonchev–Trinajstić information content (AvgIpc) is 2.62. The fourth-order valence-electron chi connectivity index (χ4n) is 2.98. The quantitative estimate of drug-likeness (QED) is 0.881. The molecule has 3 rings (SSSR count). The Balaban J connectivity index is 1.80. The molecule has 2 heterocycles. The number of hydrogen-bond acceptors (Lipinski definition) is 4. The maximum atomic E-state index is 11.8. The molecule has 0 unspecified atom stereocenters. The first kappa shape index (κ1) is 18.1. The predicted molar refractivity (Wildman–Crippen MR) is 99.5 cm³/mol. The van der Waals surface area contributed by atoms with Crippen molar-refractivity contribution in [1.29, 1.82) is 0 Å². The molecule has 1 aliphatic heterocycles. The minimum Gasteiger partial charge on any atom is -0.381 e. The Hall–Kier alpha value is -2.73. The topological polar surface area (TPSA) is 82.5 Å². The van der Waals surface area contributed by atoms with E-state index in [0.29, 0.717) is 13.0 Å². The summed E-state index contributed by atoms with van der Waals surface area (Å²) < 4.78 is 0. The van der Waals surface area contributed by atoms with Gasteiger partial charge in [-0.2, -0.15) is 0 Å². The smallest absolute Gasteiger partial charge is 0.251 e. The summed E-state index contributed by atoms with van der Waals surface area (Å²) in [4.78, 5) is 29.6. The van der Waals surface area contributed by atoms with Gasteiger partial charge < -0.3 is 15.3 Å². The predicted octanol–water partition coefficient (Wildman–Crippen LogP) is 2.04. The Kier molecular flexibility index (Phi) is 4.78. The van der Waals surface area contributed by atoms with Crippen LogP contribution in [0.4, 0.5) is 5.69 Å². The molecule has 1 aromatic heterocycles. The molecule has 0 atom stereocenters. The number of nitrogens with zero attached hydrogens (tertiary/aromatic N) is 2. The zero-order valence-electron chi connectivity index (χ0n) is 15.2. The molecule has 0 aliphatic carbocycles. The van der Waals surface area contributed by atoms with Crippen LogP contribution in [-0.4, -0.2) is 34.6 Å². The molecule has 0 spiro atoms. The van der Waals surface area contributed by atoms with Crippen LogP contribution in [-0.2, 0) is 22.6 Å². The number of carbonyl (C=O) groups excluding carboxylic acids is 2. The van der Waals surface area contributed by atoms with E-state index in [0.717, 1.165) is 34.4 Å². The largest absolute Gasteiger partial charge is 0.381 e. The maximum Gasteiger partial charge on any atom is 0.251 e. The monoisotopic (exact) mass is 353 g/mol. The van der Waals surface area contributed by atoms with Crippen LogP contribution in [0.2, 0.25) is 0 Å². The van der Waals surface area contributed by atoms with Crippen LogP contribution in [0.25, 0.3) is 11.1 Å². The van der Waals surface area contributed by atoms with Gasteiger partial charge in [0, 0.05) is 43.7 Å². The number of hydrogen-bond donors (Lipinski definition) is 2. The van der Waals surface area contributed by atoms with Gasteiger partial charge in [0.2, 0.25) is 5.91 Å². The highest BCUT2D eigenvalue weighted by molar-refractivity contribution is 5.96. The van der Waals surface area contributed by atoms with Gasteiger partial charge >= 0.3 is 0 Å². The second-order valence-corrected chi connectivity index (χ2v) is 7.12. The average molecular weight is 353 g/mol. The van der Waals surface area contributed by atoms with E-state index in [2.05, 4.69) is 16.4 Å². The summed E-state index contributed by atoms with van der Waals surface area (Å²) >= 11 is 0. The number of aliphatic hydroxyl groups is 1. The van der Waals surface area contributed by atoms with Crippen LogP contribution in [0.15, 0.2) is 36.7 Å². The molecule has 0 saturated carbocycles. The Morgan fingerprint density at radius 3 is 2.73 bits per heavy atom. The number of fused-ring (bicyclic) bond motifs is 1. The second kappa shape index (κ2) is 6.88. The van der Waals surface area contributed by atoms with Gasteiger partial charge in [0.05, 0.1) is 0 Å². The fraction of sp³-hybridized carbons (Fsp3) is 0.350. The van der Waals surface area contributed by atoms with Gasteiger partial charge in [-0.15, -0.1) is 0 Å². The first-order valence-electron chi connectivity index (χ1n) is 8.60. The van der Waals surface area contributed by atoms with E-state index in [1.54, 1.807) is 24.3 Å². The number of aromatic nitrogens is 1. The minimum absolute atomic E-state index is 0.136. The number of benzene rings is 1. The molecular weight excluding hydrogens is 330 g/mol. The molecule has 1 aromatic carbocycles. The van der Waals surface area contributed by atoms with Crippen LogP contribution >= 0.6 is 0 Å². The Morgan fingerprint density at radius 2 is 2.00 bits per heavy atom. The second-order valence-electron chi connectivity index (χ2n) is 7.12. The molecule has 6 nitrogen and oxygen atoms in total. The van der Waals surface area contributed by atoms with Gasteiger partial charge in [-0.3, -0.25) is 14.6 Å². The van der Waals surface area contributed by atoms with E-state index in [1.807, 2.05) is 18.2 Å². The first-order valence-corrected chi connectivity index (χ1v) is 8.60. The number of carbonyl (C=O) groups is 2. The summed E-state index contributed by atoms with van der Waals surface area (Å²) in [5.41, 5.74) is 3.51. The number of anilines is 1. The van der Waals surface area contributed by atoms with Crippen molar-refractivity contribution >= 4 is 17.5 Å². The van der Waals surface area contributed by atoms with Gasteiger partial charge in [-0.05, 0) is 55.2 Å². The van der Waals surface area contributed by atoms with E-state index in [1.165, 1.54) is 13.8 Å². The third-order valence-electron chi connectivity index (χ3n) is 4.56. The third-order valence-corrected chi connectivity index (χ3v) is 4.56. The summed E-state index contributed by atoms with van der Waals surface area (Å²) in [7, 11) is 1.80. The Labute approximate surface area is 152 Å². The van der Waals surface area contributed by atoms with Gasteiger partial charge in [0.25, 0.3) is 5.91 Å². The van der Waals surface area contributed by atoms with Gasteiger partial charge in [0.1, 0.15) is 5.60 Å². The van der Waals surface area contributed by atoms with E-state index < -0.39 is 11.5 Å². The molecule has 2 amide bonds. The molecule has 1 aliphatic rings. The van der Waals surface area contributed by atoms with E-state index in [-0.39, 0.29) is 5.91 Å². The van der Waals surface area contributed by atoms with Crippen molar-refractivity contribution in [3.63, 3.8) is 0 Å². The van der Waals surface area contributed by atoms with Gasteiger partial charge in [0.15, 0.2) is 0 Å². The molecule has 0 radical (unpaired) electrons. The fourth-order valence-corrected chi connectivity index (χ4v) is 2.98. The lowest BCUT2D eigenvalue weighted by Gasteiger charge is -2.26. The summed E-state index contributed by atoms with van der Waals surface area (Å²) in [5, 5.41) is 12.4. The Bertz CT molecular complexity index is 856. The minimum atomic E-state index is -1.41. The maximum absolute atomic E-state index is 11.8. The lowest BCUT2D eigenvalue weighted by Crippen LogP contribution is -2.41. The van der Waals surface area contributed by atoms with E-state index in [4.69, 9.17) is 0 Å². The summed E-state index contributed by atoms with van der Waals surface area (Å²) in [5.74, 6) is -0.291. The molecule has 136 valence electrons. The number of amides is 2. The lowest BCUT2D eigenvalue weighted by atomic mass is 9.96. The number of pyridine rings is 1. The highest BCUT2D eigenvalue weighted by Crippen LogP contribution is 2.31. The molecular formula is C20H23N3O3. The molecule has 0 fully saturated rings. The van der Waals surface area contributed by atoms with Gasteiger partial charge in [-0.1, -0.05) is 6.07 Å². The van der Waals surface area contributed by atoms with Crippen molar-refractivity contribution in [2.75, 3.05) is 11.9 Å². The third kappa shape index (κ3) is 3.75. The van der Waals surface area contributed by atoms with Crippen LogP contribution in [0.5, 0.6) is 0 Å². The lowest BCUT2D eigenvalue weighted by molar-refractivity contribution is -0.136. The molecule has 0 saturated heterocycles. The van der Waals surface area contributed by atoms with Crippen molar-refractivity contribution in [3.05, 3.63) is 47.8 Å². The summed E-state index contributed by atoms with van der Waals surface area (Å²) in [6.07, 6.45) is 4.73. The Morgan fingerprint density at radius 1 is 1.23 bits per heavy atom. The zero-order chi connectivity index (χ0) is 18.9. The van der Waals surface area contributed by atoms with Crippen molar-refractivity contribution in [2.45, 2.75) is 38.8 Å². The SMILES string of the molecule is CN1C(=O)CCc2cc(-c3cncc(CNC(=O)C(C)(C)O)c3)ccc21. The standard InChI is InChI=1S/C20H23N3O3/c1-20(2,26)19(25)22-11-13-8-16(12-21-10-13)14-4-6-17-15(9-14)5-7-18(24)23(17)3/h4,6,8-10,12,26H,5,7,11H2,1-3H3,(H,22,25). The van der Waals surface area contributed by atoms with E-state index in [9.17, 15) is 14.7 Å². The highest BCUT2D eigenvalue weighted by Gasteiger charge is 2.23. The molecule has 0 bridgehead atoms. The van der Waals surface area contributed by atoms with Crippen LogP contribution in [0, 0.1) is 0 Å². The molecule has 6 heteroatoms. The first-order chi connectivity index (χ1) is 12.3. The molecule has 2 N–H and O–H groups in total. The van der Waals surface area contributed by atoms with Crippen molar-refractivity contribution in [1.82, 2.24) is 10.3 Å². The van der Waals surface area contributed by atoms with Crippen LogP contribution in [0.3, 0.4) is 0 Å². The number of aryl methyl sites for hydroxylation is 1. The molecule has 2 aromatic rings. The summed E-state index contributed by atoms with van der Waals surface area (Å²) in [6, 6.07) is 8.00. The van der Waals surface area contributed by atoms with Crippen LogP contribution < -0.4 is 10.2 Å². The highest BCUT2D eigenvalue weighted by atomic mass is 16.3. The van der Waals surface area contributed by atoms with Crippen molar-refractivity contribution in [3.8, 4) is 11.1 Å². The van der Waals surface area contributed by atoms with E-state index >= 15 is 0 Å². The van der Waals surface area contributed by atoms with Gasteiger partial charge in [-0.25, -0.2) is 0 Å².